The van der Waals surface area contributed by atoms with Crippen LogP contribution < -0.4 is 4.74 Å². The van der Waals surface area contributed by atoms with Gasteiger partial charge in [0, 0.05) is 12.0 Å². The molecule has 1 unspecified atom stereocenters. The standard InChI is InChI=1S/C15H14O4/c16-14(17)10-11-6-4-5-9-13(11)19-15(14,18)12-7-2-1-3-8-12/h1-9,16-18H,10H2. The Morgan fingerprint density at radius 1 is 0.842 bits per heavy atom. The lowest BCUT2D eigenvalue weighted by Crippen LogP contribution is -2.59. The third-order valence-corrected chi connectivity index (χ3v) is 3.38. The van der Waals surface area contributed by atoms with E-state index in [2.05, 4.69) is 0 Å². The number of hydrogen-bond acceptors (Lipinski definition) is 4. The van der Waals surface area contributed by atoms with E-state index in [9.17, 15) is 15.3 Å². The first kappa shape index (κ1) is 12.2. The predicted octanol–water partition coefficient (Wildman–Crippen LogP) is 1.15. The van der Waals surface area contributed by atoms with Gasteiger partial charge in [-0.3, -0.25) is 0 Å². The molecule has 4 nitrogen and oxygen atoms in total. The molecule has 19 heavy (non-hydrogen) atoms. The molecule has 3 N–H and O–H groups in total. The molecule has 4 heteroatoms. The fourth-order valence-corrected chi connectivity index (χ4v) is 2.33. The second kappa shape index (κ2) is 4.06. The van der Waals surface area contributed by atoms with E-state index >= 15 is 0 Å². The number of fused-ring (bicyclic) bond motifs is 1. The molecular formula is C15H14O4. The van der Waals surface area contributed by atoms with Crippen LogP contribution in [-0.2, 0) is 12.2 Å². The quantitative estimate of drug-likeness (QED) is 0.671. The van der Waals surface area contributed by atoms with Crippen LogP contribution >= 0.6 is 0 Å². The third-order valence-electron chi connectivity index (χ3n) is 3.38. The van der Waals surface area contributed by atoms with Crippen LogP contribution in [0.4, 0.5) is 0 Å². The van der Waals surface area contributed by atoms with Gasteiger partial charge >= 0.3 is 0 Å². The first-order valence-electron chi connectivity index (χ1n) is 6.02. The Bertz CT molecular complexity index is 594. The molecule has 0 radical (unpaired) electrons. The summed E-state index contributed by atoms with van der Waals surface area (Å²) in [7, 11) is 0. The minimum absolute atomic E-state index is 0.103. The Morgan fingerprint density at radius 2 is 1.47 bits per heavy atom. The maximum absolute atomic E-state index is 10.6. The van der Waals surface area contributed by atoms with Crippen LogP contribution in [0.2, 0.25) is 0 Å². The summed E-state index contributed by atoms with van der Waals surface area (Å²) in [5.41, 5.74) is 0.947. The molecule has 1 heterocycles. The number of aliphatic hydroxyl groups is 3. The zero-order chi connectivity index (χ0) is 13.5. The van der Waals surface area contributed by atoms with Gasteiger partial charge in [0.25, 0.3) is 5.79 Å². The highest BCUT2D eigenvalue weighted by molar-refractivity contribution is 5.39. The Kier molecular flexibility index (Phi) is 2.60. The van der Waals surface area contributed by atoms with Gasteiger partial charge < -0.3 is 20.1 Å². The molecule has 3 rings (SSSR count). The van der Waals surface area contributed by atoms with Crippen LogP contribution in [0.25, 0.3) is 0 Å². The van der Waals surface area contributed by atoms with Gasteiger partial charge in [-0.15, -0.1) is 0 Å². The number of benzene rings is 2. The topological polar surface area (TPSA) is 69.9 Å². The van der Waals surface area contributed by atoms with Crippen LogP contribution in [0.5, 0.6) is 5.75 Å². The normalized spacial score (nSPS) is 24.4. The molecular weight excluding hydrogens is 244 g/mol. The van der Waals surface area contributed by atoms with Crippen molar-refractivity contribution in [2.75, 3.05) is 0 Å². The molecule has 0 spiro atoms. The largest absolute Gasteiger partial charge is 0.452 e. The van der Waals surface area contributed by atoms with E-state index in [1.54, 1.807) is 54.6 Å². The fourth-order valence-electron chi connectivity index (χ4n) is 2.33. The molecule has 2 aromatic rings. The smallest absolute Gasteiger partial charge is 0.289 e. The summed E-state index contributed by atoms with van der Waals surface area (Å²) in [6.07, 6.45) is -0.103. The lowest BCUT2D eigenvalue weighted by Gasteiger charge is -2.43. The van der Waals surface area contributed by atoms with Crippen molar-refractivity contribution >= 4 is 0 Å². The lowest BCUT2D eigenvalue weighted by molar-refractivity contribution is -0.359. The van der Waals surface area contributed by atoms with Gasteiger partial charge in [0.05, 0.1) is 0 Å². The summed E-state index contributed by atoms with van der Waals surface area (Å²) < 4.78 is 5.48. The summed E-state index contributed by atoms with van der Waals surface area (Å²) in [5.74, 6) is -4.11. The Labute approximate surface area is 110 Å². The zero-order valence-corrected chi connectivity index (χ0v) is 10.2. The molecule has 0 bridgehead atoms. The zero-order valence-electron chi connectivity index (χ0n) is 10.2. The van der Waals surface area contributed by atoms with Crippen molar-refractivity contribution in [1.82, 2.24) is 0 Å². The number of rotatable bonds is 1. The van der Waals surface area contributed by atoms with E-state index in [1.165, 1.54) is 0 Å². The molecule has 2 aromatic carbocycles. The van der Waals surface area contributed by atoms with E-state index < -0.39 is 11.6 Å². The molecule has 1 atom stereocenters. The number of hydrogen-bond donors (Lipinski definition) is 3. The molecule has 1 aliphatic heterocycles. The van der Waals surface area contributed by atoms with E-state index in [1.807, 2.05) is 0 Å². The minimum Gasteiger partial charge on any atom is -0.452 e. The molecule has 0 aliphatic carbocycles. The van der Waals surface area contributed by atoms with Gasteiger partial charge in [-0.1, -0.05) is 48.5 Å². The van der Waals surface area contributed by atoms with Crippen LogP contribution in [0.1, 0.15) is 11.1 Å². The summed E-state index contributed by atoms with van der Waals surface area (Å²) in [6, 6.07) is 15.3. The molecule has 0 saturated heterocycles. The van der Waals surface area contributed by atoms with Crippen molar-refractivity contribution in [1.29, 1.82) is 0 Å². The Balaban J connectivity index is 2.12. The van der Waals surface area contributed by atoms with Gasteiger partial charge in [-0.25, -0.2) is 0 Å². The molecule has 0 amide bonds. The van der Waals surface area contributed by atoms with Crippen molar-refractivity contribution < 1.29 is 20.1 Å². The minimum atomic E-state index is -2.39. The van der Waals surface area contributed by atoms with E-state index in [0.717, 1.165) is 0 Å². The highest BCUT2D eigenvalue weighted by Gasteiger charge is 2.55. The highest BCUT2D eigenvalue weighted by atomic mass is 16.7. The molecule has 0 saturated carbocycles. The Morgan fingerprint density at radius 3 is 2.21 bits per heavy atom. The average molecular weight is 258 g/mol. The van der Waals surface area contributed by atoms with Gasteiger partial charge in [0.15, 0.2) is 0 Å². The first-order valence-corrected chi connectivity index (χ1v) is 6.02. The lowest BCUT2D eigenvalue weighted by atomic mass is 9.88. The summed E-state index contributed by atoms with van der Waals surface area (Å²) in [5, 5.41) is 30.9. The van der Waals surface area contributed by atoms with Gasteiger partial charge in [-0.05, 0) is 11.6 Å². The fraction of sp³-hybridized carbons (Fsp3) is 0.200. The maximum Gasteiger partial charge on any atom is 0.289 e. The molecule has 1 aliphatic rings. The van der Waals surface area contributed by atoms with Crippen LogP contribution in [0.15, 0.2) is 54.6 Å². The maximum atomic E-state index is 10.6. The summed E-state index contributed by atoms with van der Waals surface area (Å²) in [4.78, 5) is 0. The summed E-state index contributed by atoms with van der Waals surface area (Å²) in [6.45, 7) is 0. The van der Waals surface area contributed by atoms with Crippen LogP contribution in [0, 0.1) is 0 Å². The van der Waals surface area contributed by atoms with Gasteiger partial charge in [0.2, 0.25) is 5.79 Å². The number of para-hydroxylation sites is 1. The van der Waals surface area contributed by atoms with Crippen LogP contribution in [-0.4, -0.2) is 21.1 Å². The van der Waals surface area contributed by atoms with Crippen molar-refractivity contribution in [3.8, 4) is 5.75 Å². The average Bonchev–Trinajstić information content (AvgIpc) is 2.40. The SMILES string of the molecule is OC1(O)Cc2ccccc2OC1(O)c1ccccc1. The Hall–Kier alpha value is -1.88. The predicted molar refractivity (Wildman–Crippen MR) is 68.3 cm³/mol. The van der Waals surface area contributed by atoms with Gasteiger partial charge in [0.1, 0.15) is 5.75 Å². The number of ether oxygens (including phenoxy) is 1. The summed E-state index contributed by atoms with van der Waals surface area (Å²) >= 11 is 0. The monoisotopic (exact) mass is 258 g/mol. The highest BCUT2D eigenvalue weighted by Crippen LogP contribution is 2.42. The van der Waals surface area contributed by atoms with Crippen molar-refractivity contribution in [2.24, 2.45) is 0 Å². The van der Waals surface area contributed by atoms with Crippen LogP contribution in [0.3, 0.4) is 0 Å². The first-order chi connectivity index (χ1) is 9.03. The molecule has 0 aromatic heterocycles. The van der Waals surface area contributed by atoms with E-state index in [0.29, 0.717) is 16.9 Å². The van der Waals surface area contributed by atoms with E-state index in [-0.39, 0.29) is 6.42 Å². The second-order valence-corrected chi connectivity index (χ2v) is 4.71. The van der Waals surface area contributed by atoms with Crippen molar-refractivity contribution in [3.05, 3.63) is 65.7 Å². The van der Waals surface area contributed by atoms with Gasteiger partial charge in [-0.2, -0.15) is 0 Å². The van der Waals surface area contributed by atoms with Crippen molar-refractivity contribution in [3.63, 3.8) is 0 Å². The second-order valence-electron chi connectivity index (χ2n) is 4.71. The van der Waals surface area contributed by atoms with E-state index in [4.69, 9.17) is 4.74 Å². The molecule has 0 fully saturated rings. The molecule has 98 valence electrons. The van der Waals surface area contributed by atoms with Crippen molar-refractivity contribution in [2.45, 2.75) is 18.0 Å². The third kappa shape index (κ3) is 1.81.